The lowest BCUT2D eigenvalue weighted by molar-refractivity contribution is -0.119. The molecule has 2 N–H and O–H groups in total. The third kappa shape index (κ3) is 2.08. The number of urea groups is 1. The minimum Gasteiger partial charge on any atom is -0.326 e. The van der Waals surface area contributed by atoms with Gasteiger partial charge in [0.05, 0.1) is 5.69 Å². The van der Waals surface area contributed by atoms with Crippen molar-refractivity contribution < 1.29 is 9.59 Å². The van der Waals surface area contributed by atoms with Crippen molar-refractivity contribution in [2.24, 2.45) is 5.73 Å². The highest BCUT2D eigenvalue weighted by Crippen LogP contribution is 2.30. The Labute approximate surface area is 118 Å². The lowest BCUT2D eigenvalue weighted by Crippen LogP contribution is -2.34. The Morgan fingerprint density at radius 3 is 2.55 bits per heavy atom. The Hall–Kier alpha value is -1.88. The van der Waals surface area contributed by atoms with Gasteiger partial charge in [-0.1, -0.05) is 25.0 Å². The molecule has 1 aromatic rings. The van der Waals surface area contributed by atoms with Crippen LogP contribution in [-0.4, -0.2) is 29.4 Å². The maximum absolute atomic E-state index is 12.5. The van der Waals surface area contributed by atoms with Crippen molar-refractivity contribution in [3.05, 3.63) is 29.8 Å². The summed E-state index contributed by atoms with van der Waals surface area (Å²) in [5, 5.41) is 0. The first kappa shape index (κ1) is 13.1. The molecule has 106 valence electrons. The highest BCUT2D eigenvalue weighted by atomic mass is 16.2. The molecule has 1 unspecified atom stereocenters. The molecule has 3 amide bonds. The molecule has 5 heteroatoms. The van der Waals surface area contributed by atoms with Gasteiger partial charge in [-0.15, -0.1) is 0 Å². The zero-order chi connectivity index (χ0) is 14.1. The van der Waals surface area contributed by atoms with Crippen LogP contribution in [0.1, 0.15) is 31.2 Å². The average molecular weight is 273 g/mol. The van der Waals surface area contributed by atoms with Gasteiger partial charge in [-0.3, -0.25) is 4.79 Å². The van der Waals surface area contributed by atoms with Crippen LogP contribution in [0.2, 0.25) is 0 Å². The monoisotopic (exact) mass is 273 g/mol. The Morgan fingerprint density at radius 2 is 1.85 bits per heavy atom. The van der Waals surface area contributed by atoms with Crippen LogP contribution in [0.15, 0.2) is 24.3 Å². The molecule has 2 aliphatic rings. The van der Waals surface area contributed by atoms with Gasteiger partial charge in [0.25, 0.3) is 5.91 Å². The summed E-state index contributed by atoms with van der Waals surface area (Å²) >= 11 is 0. The third-order valence-electron chi connectivity index (χ3n) is 4.13. The predicted molar refractivity (Wildman–Crippen MR) is 76.2 cm³/mol. The number of rotatable bonds is 2. The maximum Gasteiger partial charge on any atom is 0.332 e. The van der Waals surface area contributed by atoms with Crippen LogP contribution in [0.5, 0.6) is 0 Å². The van der Waals surface area contributed by atoms with Crippen LogP contribution in [0.3, 0.4) is 0 Å². The Kier molecular flexibility index (Phi) is 3.44. The number of anilines is 1. The molecule has 2 saturated heterocycles. The fraction of sp³-hybridized carbons (Fsp3) is 0.467. The number of imide groups is 1. The van der Waals surface area contributed by atoms with E-state index in [-0.39, 0.29) is 18.0 Å². The lowest BCUT2D eigenvalue weighted by Gasteiger charge is -2.18. The molecule has 0 radical (unpaired) electrons. The topological polar surface area (TPSA) is 66.6 Å². The number of amides is 3. The molecule has 2 aliphatic heterocycles. The predicted octanol–water partition coefficient (Wildman–Crippen LogP) is 1.86. The SMILES string of the molecule is NCc1ccc(N2C(=O)C3CCCCCN3C2=O)cc1. The Bertz CT molecular complexity index is 502. The van der Waals surface area contributed by atoms with Gasteiger partial charge < -0.3 is 10.6 Å². The molecular weight excluding hydrogens is 254 g/mol. The van der Waals surface area contributed by atoms with Gasteiger partial charge in [0.2, 0.25) is 0 Å². The fourth-order valence-corrected chi connectivity index (χ4v) is 2.98. The van der Waals surface area contributed by atoms with Gasteiger partial charge in [0, 0.05) is 13.1 Å². The van der Waals surface area contributed by atoms with Crippen LogP contribution >= 0.6 is 0 Å². The number of benzene rings is 1. The molecule has 1 aromatic carbocycles. The molecule has 0 saturated carbocycles. The van der Waals surface area contributed by atoms with E-state index < -0.39 is 0 Å². The van der Waals surface area contributed by atoms with E-state index in [2.05, 4.69) is 0 Å². The Morgan fingerprint density at radius 1 is 1.10 bits per heavy atom. The summed E-state index contributed by atoms with van der Waals surface area (Å²) in [4.78, 5) is 28.0. The number of hydrogen-bond donors (Lipinski definition) is 1. The van der Waals surface area contributed by atoms with Crippen LogP contribution in [-0.2, 0) is 11.3 Å². The molecule has 3 rings (SSSR count). The number of hydrogen-bond acceptors (Lipinski definition) is 3. The summed E-state index contributed by atoms with van der Waals surface area (Å²) in [6, 6.07) is 6.87. The van der Waals surface area contributed by atoms with Crippen molar-refractivity contribution >= 4 is 17.6 Å². The van der Waals surface area contributed by atoms with Gasteiger partial charge in [0.15, 0.2) is 0 Å². The minimum absolute atomic E-state index is 0.0857. The molecule has 20 heavy (non-hydrogen) atoms. The zero-order valence-corrected chi connectivity index (χ0v) is 11.4. The second-order valence-electron chi connectivity index (χ2n) is 5.39. The van der Waals surface area contributed by atoms with Crippen molar-refractivity contribution in [2.45, 2.75) is 38.3 Å². The fourth-order valence-electron chi connectivity index (χ4n) is 2.98. The van der Waals surface area contributed by atoms with Gasteiger partial charge >= 0.3 is 6.03 Å². The first-order valence-electron chi connectivity index (χ1n) is 7.16. The summed E-state index contributed by atoms with van der Waals surface area (Å²) < 4.78 is 0. The van der Waals surface area contributed by atoms with Crippen LogP contribution in [0, 0.1) is 0 Å². The van der Waals surface area contributed by atoms with Crippen LogP contribution < -0.4 is 10.6 Å². The number of carbonyl (C=O) groups excluding carboxylic acids is 2. The van der Waals surface area contributed by atoms with Crippen molar-refractivity contribution in [3.8, 4) is 0 Å². The minimum atomic E-state index is -0.265. The summed E-state index contributed by atoms with van der Waals surface area (Å²) in [5.41, 5.74) is 7.20. The summed E-state index contributed by atoms with van der Waals surface area (Å²) in [7, 11) is 0. The van der Waals surface area contributed by atoms with E-state index in [4.69, 9.17) is 5.73 Å². The van der Waals surface area contributed by atoms with E-state index in [0.717, 1.165) is 31.2 Å². The molecule has 0 aliphatic carbocycles. The summed E-state index contributed by atoms with van der Waals surface area (Å²) in [6.07, 6.45) is 3.87. The second-order valence-corrected chi connectivity index (χ2v) is 5.39. The largest absolute Gasteiger partial charge is 0.332 e. The average Bonchev–Trinajstić information content (AvgIpc) is 2.66. The molecule has 0 spiro atoms. The van der Waals surface area contributed by atoms with E-state index in [9.17, 15) is 9.59 Å². The first-order valence-corrected chi connectivity index (χ1v) is 7.16. The number of nitrogens with two attached hydrogens (primary N) is 1. The van der Waals surface area contributed by atoms with E-state index in [1.54, 1.807) is 17.0 Å². The number of carbonyl (C=O) groups is 2. The molecule has 0 aromatic heterocycles. The van der Waals surface area contributed by atoms with E-state index in [1.165, 1.54) is 4.90 Å². The lowest BCUT2D eigenvalue weighted by atomic mass is 10.1. The van der Waals surface area contributed by atoms with Crippen molar-refractivity contribution in [1.29, 1.82) is 0 Å². The maximum atomic E-state index is 12.5. The number of fused-ring (bicyclic) bond motifs is 1. The van der Waals surface area contributed by atoms with E-state index in [1.807, 2.05) is 12.1 Å². The smallest absolute Gasteiger partial charge is 0.326 e. The summed E-state index contributed by atoms with van der Waals surface area (Å²) in [5.74, 6) is -0.0857. The molecule has 1 atom stereocenters. The zero-order valence-electron chi connectivity index (χ0n) is 11.4. The highest BCUT2D eigenvalue weighted by Gasteiger charge is 2.45. The highest BCUT2D eigenvalue weighted by molar-refractivity contribution is 6.21. The van der Waals surface area contributed by atoms with Crippen LogP contribution in [0.4, 0.5) is 10.5 Å². The molecule has 5 nitrogen and oxygen atoms in total. The van der Waals surface area contributed by atoms with Crippen molar-refractivity contribution in [1.82, 2.24) is 4.90 Å². The third-order valence-corrected chi connectivity index (χ3v) is 4.13. The van der Waals surface area contributed by atoms with Gasteiger partial charge in [-0.25, -0.2) is 9.69 Å². The molecule has 0 bridgehead atoms. The van der Waals surface area contributed by atoms with E-state index >= 15 is 0 Å². The van der Waals surface area contributed by atoms with Crippen molar-refractivity contribution in [2.75, 3.05) is 11.4 Å². The Balaban J connectivity index is 1.89. The number of nitrogens with zero attached hydrogens (tertiary/aromatic N) is 2. The first-order chi connectivity index (χ1) is 9.72. The normalized spacial score (nSPS) is 22.9. The van der Waals surface area contributed by atoms with Crippen molar-refractivity contribution in [3.63, 3.8) is 0 Å². The molecule has 2 fully saturated rings. The second kappa shape index (κ2) is 5.25. The van der Waals surface area contributed by atoms with E-state index in [0.29, 0.717) is 18.8 Å². The quantitative estimate of drug-likeness (QED) is 0.836. The van der Waals surface area contributed by atoms with Crippen LogP contribution in [0.25, 0.3) is 0 Å². The molecular formula is C15H19N3O2. The van der Waals surface area contributed by atoms with Gasteiger partial charge in [-0.05, 0) is 30.5 Å². The standard InChI is InChI=1S/C15H19N3O2/c16-10-11-5-7-12(8-6-11)18-14(19)13-4-2-1-3-9-17(13)15(18)20/h5-8,13H,1-4,9-10,16H2. The van der Waals surface area contributed by atoms with Gasteiger partial charge in [0.1, 0.15) is 6.04 Å². The van der Waals surface area contributed by atoms with Gasteiger partial charge in [-0.2, -0.15) is 0 Å². The molecule has 2 heterocycles. The summed E-state index contributed by atoms with van der Waals surface area (Å²) in [6.45, 7) is 1.14.